The van der Waals surface area contributed by atoms with Crippen LogP contribution in [0.15, 0.2) is 30.0 Å². The fourth-order valence-electron chi connectivity index (χ4n) is 5.37. The number of likely N-dealkylation sites (tertiary alicyclic amines) is 1. The van der Waals surface area contributed by atoms with Crippen LogP contribution in [0.1, 0.15) is 32.3 Å². The highest BCUT2D eigenvalue weighted by atomic mass is 16.7. The van der Waals surface area contributed by atoms with Crippen LogP contribution in [0.3, 0.4) is 0 Å². The van der Waals surface area contributed by atoms with Crippen LogP contribution in [0.2, 0.25) is 0 Å². The topological polar surface area (TPSA) is 130 Å². The lowest BCUT2D eigenvalue weighted by Gasteiger charge is -2.42. The largest absolute Gasteiger partial charge is 0.493 e. The Bertz CT molecular complexity index is 1080. The summed E-state index contributed by atoms with van der Waals surface area (Å²) in [6.45, 7) is 4.06. The van der Waals surface area contributed by atoms with Crippen LogP contribution in [-0.2, 0) is 39.8 Å². The van der Waals surface area contributed by atoms with Gasteiger partial charge in [0.2, 0.25) is 0 Å². The molecule has 2 fully saturated rings. The van der Waals surface area contributed by atoms with Gasteiger partial charge in [0.05, 0.1) is 40.6 Å². The van der Waals surface area contributed by atoms with Crippen molar-refractivity contribution >= 4 is 17.8 Å². The minimum Gasteiger partial charge on any atom is -0.493 e. The number of carbonyl (C=O) groups is 3. The highest BCUT2D eigenvalue weighted by Crippen LogP contribution is 2.54. The molecule has 0 radical (unpaired) electrons. The first-order valence-corrected chi connectivity index (χ1v) is 12.3. The minimum absolute atomic E-state index is 0.0338. The second-order valence-electron chi connectivity index (χ2n) is 9.04. The molecule has 2 saturated heterocycles. The maximum absolute atomic E-state index is 13.6. The Morgan fingerprint density at radius 3 is 2.41 bits per heavy atom. The Balaban J connectivity index is 1.79. The van der Waals surface area contributed by atoms with Crippen molar-refractivity contribution in [3.8, 4) is 11.5 Å². The van der Waals surface area contributed by atoms with Crippen molar-refractivity contribution in [2.45, 2.75) is 51.0 Å². The van der Waals surface area contributed by atoms with Crippen molar-refractivity contribution in [2.75, 3.05) is 40.6 Å². The molecular formula is C26H33NO10. The van der Waals surface area contributed by atoms with Gasteiger partial charge < -0.3 is 33.5 Å². The van der Waals surface area contributed by atoms with E-state index in [9.17, 15) is 19.5 Å². The summed E-state index contributed by atoms with van der Waals surface area (Å²) in [6.07, 6.45) is -0.0383. The van der Waals surface area contributed by atoms with Gasteiger partial charge in [0.1, 0.15) is 11.5 Å². The molecule has 1 aliphatic carbocycles. The molecule has 1 spiro atoms. The van der Waals surface area contributed by atoms with Crippen molar-refractivity contribution in [2.24, 2.45) is 5.41 Å². The van der Waals surface area contributed by atoms with Crippen LogP contribution in [0.25, 0.3) is 0 Å². The number of fused-ring (bicyclic) bond motifs is 1. The molecule has 0 aromatic heterocycles. The second kappa shape index (κ2) is 10.7. The fraction of sp³-hybridized carbons (Fsp3) is 0.577. The van der Waals surface area contributed by atoms with Gasteiger partial charge in [0.25, 0.3) is 5.91 Å². The molecule has 3 atom stereocenters. The minimum atomic E-state index is -1.80. The molecular weight excluding hydrogens is 486 g/mol. The molecule has 1 aromatic carbocycles. The van der Waals surface area contributed by atoms with Crippen LogP contribution < -0.4 is 9.47 Å². The Morgan fingerprint density at radius 1 is 1.11 bits per heavy atom. The highest BCUT2D eigenvalue weighted by molar-refractivity contribution is 6.00. The molecule has 11 heteroatoms. The standard InChI is InChI=1S/C26H33NO10/c1-5-34-23(30)17(13-16-7-8-18(32-3)19(14-16)33-4)27-20-9-10-25(36-11-12-37-25)15-26(20,21(28)22(27)29)24(31)35-6-2/h7-9,14,17,21,28H,5-6,10-13,15H2,1-4H3/t17-,21?,26-/m0/s1. The van der Waals surface area contributed by atoms with E-state index in [1.165, 1.54) is 19.1 Å². The molecule has 37 heavy (non-hydrogen) atoms. The molecule has 4 rings (SSSR count). The predicted octanol–water partition coefficient (Wildman–Crippen LogP) is 1.35. The predicted molar refractivity (Wildman–Crippen MR) is 128 cm³/mol. The van der Waals surface area contributed by atoms with E-state index >= 15 is 0 Å². The maximum Gasteiger partial charge on any atom is 0.329 e. The molecule has 2 heterocycles. The van der Waals surface area contributed by atoms with Crippen molar-refractivity contribution in [1.29, 1.82) is 0 Å². The lowest BCUT2D eigenvalue weighted by Crippen LogP contribution is -2.52. The number of aliphatic hydroxyl groups excluding tert-OH is 1. The van der Waals surface area contributed by atoms with Gasteiger partial charge >= 0.3 is 11.9 Å². The van der Waals surface area contributed by atoms with E-state index in [0.717, 1.165) is 0 Å². The summed E-state index contributed by atoms with van der Waals surface area (Å²) in [4.78, 5) is 41.5. The van der Waals surface area contributed by atoms with Gasteiger partial charge in [0, 0.05) is 25.0 Å². The smallest absolute Gasteiger partial charge is 0.329 e. The first kappa shape index (κ1) is 26.9. The molecule has 0 saturated carbocycles. The van der Waals surface area contributed by atoms with E-state index in [2.05, 4.69) is 0 Å². The third kappa shape index (κ3) is 4.55. The van der Waals surface area contributed by atoms with Crippen LogP contribution in [-0.4, -0.2) is 86.4 Å². The number of hydrogen-bond acceptors (Lipinski definition) is 10. The summed E-state index contributed by atoms with van der Waals surface area (Å²) in [5.41, 5.74) is -0.952. The van der Waals surface area contributed by atoms with Crippen LogP contribution >= 0.6 is 0 Å². The molecule has 202 valence electrons. The monoisotopic (exact) mass is 519 g/mol. The normalized spacial score (nSPS) is 24.9. The molecule has 0 bridgehead atoms. The first-order valence-electron chi connectivity index (χ1n) is 12.3. The lowest BCUT2D eigenvalue weighted by atomic mass is 9.71. The highest BCUT2D eigenvalue weighted by Gasteiger charge is 2.68. The first-order chi connectivity index (χ1) is 17.8. The van der Waals surface area contributed by atoms with Gasteiger partial charge in [-0.15, -0.1) is 0 Å². The van der Waals surface area contributed by atoms with Gasteiger partial charge in [-0.1, -0.05) is 12.1 Å². The maximum atomic E-state index is 13.6. The Morgan fingerprint density at radius 2 is 1.78 bits per heavy atom. The average Bonchev–Trinajstić information content (AvgIpc) is 3.43. The van der Waals surface area contributed by atoms with Crippen molar-refractivity contribution in [3.05, 3.63) is 35.5 Å². The van der Waals surface area contributed by atoms with Gasteiger partial charge in [-0.2, -0.15) is 0 Å². The van der Waals surface area contributed by atoms with E-state index in [-0.39, 0.29) is 38.2 Å². The third-order valence-electron chi connectivity index (χ3n) is 7.01. The number of nitrogens with zero attached hydrogens (tertiary/aromatic N) is 1. The molecule has 11 nitrogen and oxygen atoms in total. The van der Waals surface area contributed by atoms with E-state index < -0.39 is 41.2 Å². The number of methoxy groups -OCH3 is 2. The zero-order chi connectivity index (χ0) is 26.8. The van der Waals surface area contributed by atoms with Crippen molar-refractivity contribution in [1.82, 2.24) is 4.90 Å². The van der Waals surface area contributed by atoms with E-state index in [4.69, 9.17) is 28.4 Å². The number of ether oxygens (including phenoxy) is 6. The zero-order valence-corrected chi connectivity index (χ0v) is 21.5. The average molecular weight is 520 g/mol. The third-order valence-corrected chi connectivity index (χ3v) is 7.01. The number of aliphatic hydroxyl groups is 1. The van der Waals surface area contributed by atoms with Crippen LogP contribution in [0.4, 0.5) is 0 Å². The molecule has 1 unspecified atom stereocenters. The summed E-state index contributed by atoms with van der Waals surface area (Å²) in [7, 11) is 3.01. The Hall–Kier alpha value is -3.15. The molecule has 2 aliphatic heterocycles. The number of carbonyl (C=O) groups excluding carboxylic acids is 3. The van der Waals surface area contributed by atoms with Crippen LogP contribution in [0.5, 0.6) is 11.5 Å². The summed E-state index contributed by atoms with van der Waals surface area (Å²) in [5, 5.41) is 11.3. The SMILES string of the molecule is CCOC(=O)[C@H](Cc1ccc(OC)c(OC)c1)N1C(=O)C(O)[C@]2(C(=O)OCC)CC3(CC=C12)OCCO3. The van der Waals surface area contributed by atoms with Gasteiger partial charge in [-0.3, -0.25) is 14.5 Å². The zero-order valence-electron chi connectivity index (χ0n) is 21.5. The second-order valence-corrected chi connectivity index (χ2v) is 9.04. The lowest BCUT2D eigenvalue weighted by molar-refractivity contribution is -0.200. The van der Waals surface area contributed by atoms with Crippen molar-refractivity contribution < 1.29 is 47.9 Å². The molecule has 1 N–H and O–H groups in total. The Labute approximate surface area is 215 Å². The number of amides is 1. The molecule has 1 aromatic rings. The van der Waals surface area contributed by atoms with E-state index in [1.54, 1.807) is 38.1 Å². The Kier molecular flexibility index (Phi) is 7.77. The molecule has 3 aliphatic rings. The summed E-state index contributed by atoms with van der Waals surface area (Å²) >= 11 is 0. The summed E-state index contributed by atoms with van der Waals surface area (Å²) < 4.78 is 33.0. The van der Waals surface area contributed by atoms with Crippen LogP contribution in [0, 0.1) is 5.41 Å². The van der Waals surface area contributed by atoms with E-state index in [0.29, 0.717) is 30.3 Å². The quantitative estimate of drug-likeness (QED) is 0.477. The molecule has 1 amide bonds. The number of benzene rings is 1. The van der Waals surface area contributed by atoms with Gasteiger partial charge in [0.15, 0.2) is 23.4 Å². The van der Waals surface area contributed by atoms with Gasteiger partial charge in [-0.05, 0) is 31.5 Å². The summed E-state index contributed by atoms with van der Waals surface area (Å²) in [6, 6.07) is 3.97. The number of hydrogen-bond donors (Lipinski definition) is 1. The summed E-state index contributed by atoms with van der Waals surface area (Å²) in [5.74, 6) is -2.47. The van der Waals surface area contributed by atoms with E-state index in [1.807, 2.05) is 0 Å². The van der Waals surface area contributed by atoms with Gasteiger partial charge in [-0.25, -0.2) is 4.79 Å². The van der Waals surface area contributed by atoms with Crippen molar-refractivity contribution in [3.63, 3.8) is 0 Å². The fourth-order valence-corrected chi connectivity index (χ4v) is 5.37. The number of esters is 2. The number of rotatable bonds is 9.